The molecule has 0 saturated carbocycles. The number of hydrogen-bond donors (Lipinski definition) is 2. The minimum absolute atomic E-state index is 0.0943. The van der Waals surface area contributed by atoms with Crippen molar-refractivity contribution in [1.82, 2.24) is 10.6 Å². The lowest BCUT2D eigenvalue weighted by Gasteiger charge is -2.17. The first-order chi connectivity index (χ1) is 14.5. The number of rotatable bonds is 7. The maximum atomic E-state index is 12.9. The van der Waals surface area contributed by atoms with Gasteiger partial charge in [0.25, 0.3) is 11.8 Å². The van der Waals surface area contributed by atoms with Gasteiger partial charge in [-0.15, -0.1) is 0 Å². The second-order valence-electron chi connectivity index (χ2n) is 6.87. The summed E-state index contributed by atoms with van der Waals surface area (Å²) in [7, 11) is 1.60. The van der Waals surface area contributed by atoms with Gasteiger partial charge in [-0.3, -0.25) is 9.59 Å². The molecule has 2 N–H and O–H groups in total. The van der Waals surface area contributed by atoms with E-state index < -0.39 is 5.91 Å². The fraction of sp³-hybridized carbons (Fsp3) is 0.167. The molecule has 3 rings (SSSR count). The van der Waals surface area contributed by atoms with Crippen LogP contribution in [0.5, 0.6) is 5.75 Å². The van der Waals surface area contributed by atoms with Gasteiger partial charge in [0.1, 0.15) is 17.2 Å². The van der Waals surface area contributed by atoms with Crippen LogP contribution in [0.1, 0.15) is 40.2 Å². The molecular formula is C24H24N2O4. The SMILES string of the molecule is COc1ccc(C(C)NC(=O)/C(=C/c2ccco2)NC(=O)c2cccc(C)c2)cc1. The van der Waals surface area contributed by atoms with Gasteiger partial charge in [0.05, 0.1) is 19.4 Å². The molecule has 0 saturated heterocycles. The highest BCUT2D eigenvalue weighted by Crippen LogP contribution is 2.18. The summed E-state index contributed by atoms with van der Waals surface area (Å²) >= 11 is 0. The Morgan fingerprint density at radius 2 is 1.83 bits per heavy atom. The second kappa shape index (κ2) is 9.60. The predicted molar refractivity (Wildman–Crippen MR) is 115 cm³/mol. The van der Waals surface area contributed by atoms with Gasteiger partial charge >= 0.3 is 0 Å². The van der Waals surface area contributed by atoms with E-state index in [4.69, 9.17) is 9.15 Å². The molecule has 0 spiro atoms. The van der Waals surface area contributed by atoms with Crippen LogP contribution in [0.15, 0.2) is 77.0 Å². The summed E-state index contributed by atoms with van der Waals surface area (Å²) in [6.07, 6.45) is 3.01. The van der Waals surface area contributed by atoms with E-state index in [0.717, 1.165) is 16.9 Å². The number of ether oxygens (including phenoxy) is 1. The molecule has 1 heterocycles. The Labute approximate surface area is 175 Å². The monoisotopic (exact) mass is 404 g/mol. The Kier molecular flexibility index (Phi) is 6.70. The Balaban J connectivity index is 1.79. The molecule has 6 nitrogen and oxygen atoms in total. The van der Waals surface area contributed by atoms with E-state index in [1.165, 1.54) is 12.3 Å². The summed E-state index contributed by atoms with van der Waals surface area (Å²) < 4.78 is 10.5. The van der Waals surface area contributed by atoms with Gasteiger partial charge in [-0.1, -0.05) is 29.8 Å². The van der Waals surface area contributed by atoms with Gasteiger partial charge in [-0.25, -0.2) is 0 Å². The highest BCUT2D eigenvalue weighted by molar-refractivity contribution is 6.05. The summed E-state index contributed by atoms with van der Waals surface area (Å²) in [4.78, 5) is 25.6. The summed E-state index contributed by atoms with van der Waals surface area (Å²) in [5, 5.41) is 5.61. The van der Waals surface area contributed by atoms with Crippen LogP contribution < -0.4 is 15.4 Å². The number of aryl methyl sites for hydroxylation is 1. The molecule has 1 unspecified atom stereocenters. The number of hydrogen-bond acceptors (Lipinski definition) is 4. The molecule has 0 aliphatic heterocycles. The molecule has 154 valence electrons. The molecule has 0 aliphatic carbocycles. The van der Waals surface area contributed by atoms with E-state index >= 15 is 0 Å². The largest absolute Gasteiger partial charge is 0.497 e. The maximum absolute atomic E-state index is 12.9. The van der Waals surface area contributed by atoms with E-state index in [1.54, 1.807) is 37.4 Å². The molecule has 0 aliphatic rings. The normalized spacial score (nSPS) is 12.2. The summed E-state index contributed by atoms with van der Waals surface area (Å²) in [5.74, 6) is 0.405. The number of nitrogens with one attached hydrogen (secondary N) is 2. The van der Waals surface area contributed by atoms with Crippen molar-refractivity contribution in [2.75, 3.05) is 7.11 Å². The lowest BCUT2D eigenvalue weighted by Crippen LogP contribution is -2.36. The summed E-state index contributed by atoms with van der Waals surface area (Å²) in [5.41, 5.74) is 2.43. The van der Waals surface area contributed by atoms with Crippen LogP contribution in [0.25, 0.3) is 6.08 Å². The third-order valence-corrected chi connectivity index (χ3v) is 4.57. The smallest absolute Gasteiger partial charge is 0.268 e. The molecule has 1 aromatic heterocycles. The van der Waals surface area contributed by atoms with Gasteiger partial charge in [-0.05, 0) is 55.8 Å². The van der Waals surface area contributed by atoms with Crippen molar-refractivity contribution in [3.05, 3.63) is 95.1 Å². The van der Waals surface area contributed by atoms with Crippen molar-refractivity contribution in [2.24, 2.45) is 0 Å². The van der Waals surface area contributed by atoms with Crippen molar-refractivity contribution in [3.8, 4) is 5.75 Å². The van der Waals surface area contributed by atoms with Crippen LogP contribution in [0.3, 0.4) is 0 Å². The molecule has 3 aromatic rings. The Bertz CT molecular complexity index is 1040. The fourth-order valence-electron chi connectivity index (χ4n) is 2.91. The van der Waals surface area contributed by atoms with Crippen molar-refractivity contribution < 1.29 is 18.7 Å². The fourth-order valence-corrected chi connectivity index (χ4v) is 2.91. The molecule has 30 heavy (non-hydrogen) atoms. The van der Waals surface area contributed by atoms with Gasteiger partial charge in [0.15, 0.2) is 0 Å². The molecular weight excluding hydrogens is 380 g/mol. The first-order valence-corrected chi connectivity index (χ1v) is 9.54. The average Bonchev–Trinajstić information content (AvgIpc) is 3.26. The van der Waals surface area contributed by atoms with Gasteiger partial charge in [0, 0.05) is 11.6 Å². The molecule has 2 amide bonds. The third kappa shape index (κ3) is 5.38. The van der Waals surface area contributed by atoms with Crippen LogP contribution in [0.4, 0.5) is 0 Å². The van der Waals surface area contributed by atoms with Crippen molar-refractivity contribution >= 4 is 17.9 Å². The minimum Gasteiger partial charge on any atom is -0.497 e. The number of carbonyl (C=O) groups excluding carboxylic acids is 2. The van der Waals surface area contributed by atoms with E-state index in [9.17, 15) is 9.59 Å². The third-order valence-electron chi connectivity index (χ3n) is 4.57. The van der Waals surface area contributed by atoms with Crippen LogP contribution >= 0.6 is 0 Å². The van der Waals surface area contributed by atoms with Gasteiger partial charge in [-0.2, -0.15) is 0 Å². The van der Waals surface area contributed by atoms with Crippen LogP contribution in [0, 0.1) is 6.92 Å². The van der Waals surface area contributed by atoms with Crippen LogP contribution in [-0.2, 0) is 4.79 Å². The minimum atomic E-state index is -0.421. The zero-order valence-corrected chi connectivity index (χ0v) is 17.1. The first kappa shape index (κ1) is 20.9. The van der Waals surface area contributed by atoms with Crippen molar-refractivity contribution in [3.63, 3.8) is 0 Å². The maximum Gasteiger partial charge on any atom is 0.268 e. The Hall–Kier alpha value is -3.80. The quantitative estimate of drug-likeness (QED) is 0.577. The number of furan rings is 1. The lowest BCUT2D eigenvalue weighted by atomic mass is 10.1. The Morgan fingerprint density at radius 1 is 1.07 bits per heavy atom. The van der Waals surface area contributed by atoms with Gasteiger partial charge in [0.2, 0.25) is 0 Å². The molecule has 0 bridgehead atoms. The van der Waals surface area contributed by atoms with E-state index in [0.29, 0.717) is 11.3 Å². The number of carbonyl (C=O) groups is 2. The summed E-state index contributed by atoms with van der Waals surface area (Å²) in [6.45, 7) is 3.77. The zero-order valence-electron chi connectivity index (χ0n) is 17.1. The second-order valence-corrected chi connectivity index (χ2v) is 6.87. The van der Waals surface area contributed by atoms with E-state index in [2.05, 4.69) is 10.6 Å². The topological polar surface area (TPSA) is 80.6 Å². The van der Waals surface area contributed by atoms with Crippen molar-refractivity contribution in [2.45, 2.75) is 19.9 Å². The standard InChI is InChI=1S/C24H24N2O4/c1-16-6-4-7-19(14-16)23(27)26-22(15-21-8-5-13-30-21)24(28)25-17(2)18-9-11-20(29-3)12-10-18/h4-15,17H,1-3H3,(H,25,28)(H,26,27)/b22-15-. The highest BCUT2D eigenvalue weighted by atomic mass is 16.5. The highest BCUT2D eigenvalue weighted by Gasteiger charge is 2.18. The molecule has 6 heteroatoms. The molecule has 0 fully saturated rings. The van der Waals surface area contributed by atoms with Crippen molar-refractivity contribution in [1.29, 1.82) is 0 Å². The van der Waals surface area contributed by atoms with E-state index in [1.807, 2.05) is 44.2 Å². The van der Waals surface area contributed by atoms with E-state index in [-0.39, 0.29) is 17.6 Å². The van der Waals surface area contributed by atoms with Gasteiger partial charge < -0.3 is 19.8 Å². The number of amides is 2. The molecule has 1 atom stereocenters. The molecule has 0 radical (unpaired) electrons. The number of methoxy groups -OCH3 is 1. The van der Waals surface area contributed by atoms with Crippen LogP contribution in [-0.4, -0.2) is 18.9 Å². The first-order valence-electron chi connectivity index (χ1n) is 9.54. The predicted octanol–water partition coefficient (Wildman–Crippen LogP) is 4.24. The molecule has 2 aromatic carbocycles. The average molecular weight is 404 g/mol. The zero-order chi connectivity index (χ0) is 21.5. The lowest BCUT2D eigenvalue weighted by molar-refractivity contribution is -0.118. The van der Waals surface area contributed by atoms with Crippen LogP contribution in [0.2, 0.25) is 0 Å². The number of benzene rings is 2. The summed E-state index contributed by atoms with van der Waals surface area (Å²) in [6, 6.07) is 17.7. The Morgan fingerprint density at radius 3 is 2.47 bits per heavy atom.